The van der Waals surface area contributed by atoms with Crippen LogP contribution in [0.5, 0.6) is 0 Å². The summed E-state index contributed by atoms with van der Waals surface area (Å²) in [6.45, 7) is 1.40. The van der Waals surface area contributed by atoms with E-state index < -0.39 is 0 Å². The first-order valence-electron chi connectivity index (χ1n) is 10.8. The van der Waals surface area contributed by atoms with Crippen LogP contribution in [-0.4, -0.2) is 12.2 Å². The van der Waals surface area contributed by atoms with Crippen LogP contribution in [0, 0.1) is 34.5 Å². The van der Waals surface area contributed by atoms with Crippen LogP contribution in [0.2, 0.25) is 0 Å². The van der Waals surface area contributed by atoms with Gasteiger partial charge in [0, 0.05) is 12.8 Å². The molecule has 0 N–H and O–H groups in total. The zero-order chi connectivity index (χ0) is 21.0. The molecule has 156 valence electrons. The fraction of sp³-hybridized carbons (Fsp3) is 0.462. The molecule has 4 nitrogen and oxygen atoms in total. The zero-order valence-electron chi connectivity index (χ0n) is 17.5. The molecular weight excluding hydrogens is 372 g/mol. The third-order valence-corrected chi connectivity index (χ3v) is 5.80. The van der Waals surface area contributed by atoms with Crippen LogP contribution < -0.4 is 0 Å². The summed E-state index contributed by atoms with van der Waals surface area (Å²) in [5.74, 6) is 1.16. The minimum absolute atomic E-state index is 0.378. The Bertz CT molecular complexity index is 742. The molecule has 0 aliphatic heterocycles. The Balaban J connectivity index is 0.000000171. The van der Waals surface area contributed by atoms with Crippen LogP contribution in [0.1, 0.15) is 49.7 Å². The molecule has 30 heavy (non-hydrogen) atoms. The highest BCUT2D eigenvalue weighted by molar-refractivity contribution is 5.14. The summed E-state index contributed by atoms with van der Waals surface area (Å²) in [4.78, 5) is 0. The van der Waals surface area contributed by atoms with E-state index in [0.29, 0.717) is 50.1 Å². The summed E-state index contributed by atoms with van der Waals surface area (Å²) in [5, 5.41) is 17.0. The predicted octanol–water partition coefficient (Wildman–Crippen LogP) is 5.79. The first kappa shape index (κ1) is 22.0. The van der Waals surface area contributed by atoms with Gasteiger partial charge in [-0.1, -0.05) is 60.7 Å². The fourth-order valence-electron chi connectivity index (χ4n) is 3.79. The van der Waals surface area contributed by atoms with E-state index in [9.17, 15) is 0 Å². The van der Waals surface area contributed by atoms with Gasteiger partial charge in [0.2, 0.25) is 0 Å². The number of hydrogen-bond acceptors (Lipinski definition) is 4. The molecule has 0 atom stereocenters. The van der Waals surface area contributed by atoms with Crippen LogP contribution in [-0.2, 0) is 22.7 Å². The maximum absolute atomic E-state index is 8.51. The maximum Gasteiger partial charge on any atom is 0.0720 e. The van der Waals surface area contributed by atoms with Crippen LogP contribution >= 0.6 is 0 Å². The Morgan fingerprint density at radius 1 is 0.633 bits per heavy atom. The quantitative estimate of drug-likeness (QED) is 0.560. The van der Waals surface area contributed by atoms with Crippen LogP contribution in [0.4, 0.5) is 0 Å². The number of nitriles is 2. The third-order valence-electron chi connectivity index (χ3n) is 5.80. The average Bonchev–Trinajstić information content (AvgIpc) is 2.73. The Morgan fingerprint density at radius 3 is 1.33 bits per heavy atom. The lowest BCUT2D eigenvalue weighted by Gasteiger charge is -2.33. The molecule has 0 radical (unpaired) electrons. The fourth-order valence-corrected chi connectivity index (χ4v) is 3.79. The standard InChI is InChI=1S/2C13H15NO/c2*14-7-6-12-8-13(9-12)15-10-11-4-2-1-3-5-11/h2*1-5,12-13H,6,8-10H2. The average molecular weight is 403 g/mol. The zero-order valence-corrected chi connectivity index (χ0v) is 17.5. The van der Waals surface area contributed by atoms with Crippen LogP contribution in [0.25, 0.3) is 0 Å². The second kappa shape index (κ2) is 12.1. The normalized spacial score (nSPS) is 24.2. The van der Waals surface area contributed by atoms with Gasteiger partial charge in [-0.05, 0) is 48.6 Å². The van der Waals surface area contributed by atoms with Gasteiger partial charge < -0.3 is 9.47 Å². The molecule has 0 unspecified atom stereocenters. The highest BCUT2D eigenvalue weighted by Gasteiger charge is 2.30. The molecule has 2 aromatic rings. The second-order valence-electron chi connectivity index (χ2n) is 8.24. The summed E-state index contributed by atoms with van der Waals surface area (Å²) in [6, 6.07) is 24.8. The monoisotopic (exact) mass is 402 g/mol. The lowest BCUT2D eigenvalue weighted by atomic mass is 9.80. The van der Waals surface area contributed by atoms with Crippen molar-refractivity contribution in [3.8, 4) is 12.1 Å². The summed E-state index contributed by atoms with van der Waals surface area (Å²) in [6.07, 6.45) is 6.35. The first-order chi connectivity index (χ1) is 14.8. The third kappa shape index (κ3) is 7.30. The van der Waals surface area contributed by atoms with E-state index >= 15 is 0 Å². The molecule has 0 spiro atoms. The van der Waals surface area contributed by atoms with Gasteiger partial charge in [0.05, 0.1) is 37.6 Å². The van der Waals surface area contributed by atoms with Crippen molar-refractivity contribution >= 4 is 0 Å². The molecule has 0 bridgehead atoms. The van der Waals surface area contributed by atoms with Crippen LogP contribution in [0.3, 0.4) is 0 Å². The molecule has 4 heteroatoms. The molecule has 2 aromatic carbocycles. The highest BCUT2D eigenvalue weighted by Crippen LogP contribution is 2.33. The van der Waals surface area contributed by atoms with E-state index in [4.69, 9.17) is 20.0 Å². The number of rotatable bonds is 8. The number of benzene rings is 2. The Hall–Kier alpha value is -2.66. The van der Waals surface area contributed by atoms with Gasteiger partial charge in [-0.15, -0.1) is 0 Å². The van der Waals surface area contributed by atoms with E-state index in [2.05, 4.69) is 36.4 Å². The molecular formula is C26H30N2O2. The van der Waals surface area contributed by atoms with Crippen molar-refractivity contribution in [2.45, 2.75) is 63.9 Å². The maximum atomic E-state index is 8.51. The molecule has 0 saturated heterocycles. The number of nitrogens with zero attached hydrogens (tertiary/aromatic N) is 2. The van der Waals surface area contributed by atoms with E-state index in [1.54, 1.807) is 0 Å². The summed E-state index contributed by atoms with van der Waals surface area (Å²) in [7, 11) is 0. The number of ether oxygens (including phenoxy) is 2. The van der Waals surface area contributed by atoms with Crippen molar-refractivity contribution in [2.24, 2.45) is 11.8 Å². The SMILES string of the molecule is N#CCC1CC(OCc2ccccc2)C1.N#CCC1CC(OCc2ccccc2)C1. The van der Waals surface area contributed by atoms with Gasteiger partial charge in [-0.3, -0.25) is 0 Å². The Morgan fingerprint density at radius 2 is 1.00 bits per heavy atom. The van der Waals surface area contributed by atoms with Gasteiger partial charge in [0.1, 0.15) is 0 Å². The Kier molecular flexibility index (Phi) is 8.91. The van der Waals surface area contributed by atoms with E-state index in [1.165, 1.54) is 11.1 Å². The van der Waals surface area contributed by atoms with Crippen molar-refractivity contribution in [1.82, 2.24) is 0 Å². The largest absolute Gasteiger partial charge is 0.374 e. The Labute approximate surface area is 180 Å². The molecule has 4 rings (SSSR count). The molecule has 2 aliphatic rings. The predicted molar refractivity (Wildman–Crippen MR) is 116 cm³/mol. The molecule has 2 aliphatic carbocycles. The van der Waals surface area contributed by atoms with Crippen molar-refractivity contribution < 1.29 is 9.47 Å². The second-order valence-corrected chi connectivity index (χ2v) is 8.24. The summed E-state index contributed by atoms with van der Waals surface area (Å²) >= 11 is 0. The summed E-state index contributed by atoms with van der Waals surface area (Å²) in [5.41, 5.74) is 2.45. The van der Waals surface area contributed by atoms with Crippen molar-refractivity contribution in [3.05, 3.63) is 71.8 Å². The van der Waals surface area contributed by atoms with Gasteiger partial charge in [0.25, 0.3) is 0 Å². The van der Waals surface area contributed by atoms with Gasteiger partial charge >= 0.3 is 0 Å². The van der Waals surface area contributed by atoms with Crippen molar-refractivity contribution in [1.29, 1.82) is 10.5 Å². The smallest absolute Gasteiger partial charge is 0.0720 e. The summed E-state index contributed by atoms with van der Waals surface area (Å²) < 4.78 is 11.5. The van der Waals surface area contributed by atoms with E-state index in [-0.39, 0.29) is 0 Å². The molecule has 2 saturated carbocycles. The van der Waals surface area contributed by atoms with Gasteiger partial charge in [-0.25, -0.2) is 0 Å². The molecule has 0 amide bonds. The lowest BCUT2D eigenvalue weighted by Crippen LogP contribution is -2.30. The molecule has 0 aromatic heterocycles. The van der Waals surface area contributed by atoms with E-state index in [0.717, 1.165) is 25.7 Å². The first-order valence-corrected chi connectivity index (χ1v) is 10.8. The lowest BCUT2D eigenvalue weighted by molar-refractivity contribution is -0.0389. The van der Waals surface area contributed by atoms with E-state index in [1.807, 2.05) is 36.4 Å². The highest BCUT2D eigenvalue weighted by atomic mass is 16.5. The number of hydrogen-bond donors (Lipinski definition) is 0. The molecule has 0 heterocycles. The van der Waals surface area contributed by atoms with Crippen molar-refractivity contribution in [2.75, 3.05) is 0 Å². The molecule has 2 fully saturated rings. The topological polar surface area (TPSA) is 66.0 Å². The van der Waals surface area contributed by atoms with Crippen LogP contribution in [0.15, 0.2) is 60.7 Å². The minimum Gasteiger partial charge on any atom is -0.374 e. The van der Waals surface area contributed by atoms with Crippen molar-refractivity contribution in [3.63, 3.8) is 0 Å². The van der Waals surface area contributed by atoms with Gasteiger partial charge in [0.15, 0.2) is 0 Å². The minimum atomic E-state index is 0.378. The van der Waals surface area contributed by atoms with Gasteiger partial charge in [-0.2, -0.15) is 10.5 Å².